The number of halogens is 2. The van der Waals surface area contributed by atoms with Gasteiger partial charge in [-0.3, -0.25) is 9.59 Å². The van der Waals surface area contributed by atoms with Gasteiger partial charge in [-0.2, -0.15) is 0 Å². The van der Waals surface area contributed by atoms with E-state index in [1.54, 1.807) is 6.07 Å². The number of aromatic amines is 1. The van der Waals surface area contributed by atoms with Crippen molar-refractivity contribution >= 4 is 28.4 Å². The number of fused-ring (bicyclic) bond motifs is 1. The van der Waals surface area contributed by atoms with Gasteiger partial charge < -0.3 is 10.3 Å². The molecule has 3 aromatic rings. The Labute approximate surface area is 148 Å². The average Bonchev–Trinajstić information content (AvgIpc) is 2.54. The molecule has 4 nitrogen and oxygen atoms in total. The predicted octanol–water partition coefficient (Wildman–Crippen LogP) is 3.87. The number of H-pyrrole nitrogens is 1. The van der Waals surface area contributed by atoms with Gasteiger partial charge in [0.25, 0.3) is 11.5 Å². The molecule has 0 bridgehead atoms. The molecule has 2 aromatic carbocycles. The van der Waals surface area contributed by atoms with Gasteiger partial charge >= 0.3 is 0 Å². The van der Waals surface area contributed by atoms with E-state index in [0.717, 1.165) is 28.1 Å². The maximum Gasteiger partial charge on any atom is 0.256 e. The van der Waals surface area contributed by atoms with E-state index in [-0.39, 0.29) is 22.7 Å². The number of amides is 1. The summed E-state index contributed by atoms with van der Waals surface area (Å²) < 4.78 is 13.8. The Morgan fingerprint density at radius 2 is 1.92 bits per heavy atom. The molecule has 0 aliphatic heterocycles. The molecule has 0 aliphatic rings. The highest BCUT2D eigenvalue weighted by Gasteiger charge is 2.16. The summed E-state index contributed by atoms with van der Waals surface area (Å²) in [6.45, 7) is 3.93. The van der Waals surface area contributed by atoms with Gasteiger partial charge in [-0.1, -0.05) is 17.7 Å². The van der Waals surface area contributed by atoms with Crippen LogP contribution >= 0.6 is 11.6 Å². The highest BCUT2D eigenvalue weighted by molar-refractivity contribution is 6.33. The third-order valence-electron chi connectivity index (χ3n) is 4.16. The molecule has 0 radical (unpaired) electrons. The van der Waals surface area contributed by atoms with E-state index in [4.69, 9.17) is 11.6 Å². The molecule has 1 aromatic heterocycles. The van der Waals surface area contributed by atoms with E-state index in [9.17, 15) is 14.0 Å². The van der Waals surface area contributed by atoms with Gasteiger partial charge in [0.15, 0.2) is 0 Å². The van der Waals surface area contributed by atoms with E-state index in [2.05, 4.69) is 10.3 Å². The number of hydrogen-bond donors (Lipinski definition) is 2. The van der Waals surface area contributed by atoms with Gasteiger partial charge in [-0.05, 0) is 60.7 Å². The van der Waals surface area contributed by atoms with E-state index in [1.165, 1.54) is 12.1 Å². The fraction of sp³-hybridized carbons (Fsp3) is 0.158. The van der Waals surface area contributed by atoms with E-state index < -0.39 is 11.7 Å². The molecular formula is C19H16ClFN2O2. The lowest BCUT2D eigenvalue weighted by atomic mass is 10.0. The number of aryl methyl sites for hydroxylation is 2. The fourth-order valence-corrected chi connectivity index (χ4v) is 2.88. The average molecular weight is 359 g/mol. The van der Waals surface area contributed by atoms with Crippen LogP contribution in [0.4, 0.5) is 4.39 Å². The second kappa shape index (κ2) is 6.69. The molecule has 25 heavy (non-hydrogen) atoms. The van der Waals surface area contributed by atoms with Crippen LogP contribution in [-0.4, -0.2) is 10.9 Å². The normalized spacial score (nSPS) is 10.9. The molecule has 1 heterocycles. The fourth-order valence-electron chi connectivity index (χ4n) is 2.63. The Bertz CT molecular complexity index is 1020. The van der Waals surface area contributed by atoms with Crippen LogP contribution in [-0.2, 0) is 6.54 Å². The summed E-state index contributed by atoms with van der Waals surface area (Å²) >= 11 is 5.88. The van der Waals surface area contributed by atoms with Crippen molar-refractivity contribution in [3.05, 3.63) is 79.8 Å². The smallest absolute Gasteiger partial charge is 0.256 e. The molecule has 1 amide bonds. The zero-order chi connectivity index (χ0) is 18.1. The lowest BCUT2D eigenvalue weighted by Crippen LogP contribution is -2.27. The minimum Gasteiger partial charge on any atom is -0.348 e. The first-order chi connectivity index (χ1) is 11.9. The molecule has 0 aliphatic carbocycles. The number of aromatic nitrogens is 1. The van der Waals surface area contributed by atoms with Crippen LogP contribution < -0.4 is 10.9 Å². The van der Waals surface area contributed by atoms with Crippen molar-refractivity contribution in [2.45, 2.75) is 20.4 Å². The first-order valence-corrected chi connectivity index (χ1v) is 8.10. The maximum atomic E-state index is 13.8. The summed E-state index contributed by atoms with van der Waals surface area (Å²) in [5.41, 5.74) is 2.78. The van der Waals surface area contributed by atoms with Crippen LogP contribution in [0.5, 0.6) is 0 Å². The first kappa shape index (κ1) is 17.2. The lowest BCUT2D eigenvalue weighted by Gasteiger charge is -2.09. The summed E-state index contributed by atoms with van der Waals surface area (Å²) in [7, 11) is 0. The van der Waals surface area contributed by atoms with Crippen molar-refractivity contribution in [2.75, 3.05) is 0 Å². The third-order valence-corrected chi connectivity index (χ3v) is 4.48. The highest BCUT2D eigenvalue weighted by atomic mass is 35.5. The number of carbonyl (C=O) groups excluding carboxylic acids is 1. The molecule has 0 spiro atoms. The van der Waals surface area contributed by atoms with E-state index >= 15 is 0 Å². The van der Waals surface area contributed by atoms with Crippen molar-refractivity contribution in [1.82, 2.24) is 10.3 Å². The zero-order valence-corrected chi connectivity index (χ0v) is 14.5. The summed E-state index contributed by atoms with van der Waals surface area (Å²) in [6, 6.07) is 9.63. The molecule has 0 unspecified atom stereocenters. The summed E-state index contributed by atoms with van der Waals surface area (Å²) in [6.07, 6.45) is 0. The van der Waals surface area contributed by atoms with Crippen LogP contribution in [0, 0.1) is 19.7 Å². The van der Waals surface area contributed by atoms with Crippen molar-refractivity contribution < 1.29 is 9.18 Å². The van der Waals surface area contributed by atoms with E-state index in [0.29, 0.717) is 5.56 Å². The van der Waals surface area contributed by atoms with Gasteiger partial charge in [0.1, 0.15) is 5.82 Å². The van der Waals surface area contributed by atoms with Crippen LogP contribution in [0.2, 0.25) is 5.02 Å². The molecule has 0 fully saturated rings. The molecule has 128 valence electrons. The number of rotatable bonds is 3. The third kappa shape index (κ3) is 3.42. The van der Waals surface area contributed by atoms with Gasteiger partial charge in [-0.15, -0.1) is 0 Å². The summed E-state index contributed by atoms with van der Waals surface area (Å²) in [5.74, 6) is -1.37. The molecule has 0 saturated carbocycles. The Hall–Kier alpha value is -2.66. The Morgan fingerprint density at radius 3 is 2.64 bits per heavy atom. The number of pyridine rings is 1. The highest BCUT2D eigenvalue weighted by Crippen LogP contribution is 2.19. The number of hydrogen-bond acceptors (Lipinski definition) is 2. The first-order valence-electron chi connectivity index (χ1n) is 7.72. The van der Waals surface area contributed by atoms with Crippen molar-refractivity contribution in [1.29, 1.82) is 0 Å². The largest absolute Gasteiger partial charge is 0.348 e. The van der Waals surface area contributed by atoms with E-state index in [1.807, 2.05) is 26.0 Å². The standard InChI is InChI=1S/C19H16ClFN2O2/c1-10-6-12-8-13(18(24)23-16(12)7-11(10)2)9-22-19(25)17-14(20)4-3-5-15(17)21/h3-8H,9H2,1-2H3,(H,22,25)(H,23,24). The quantitative estimate of drug-likeness (QED) is 0.746. The molecular weight excluding hydrogens is 343 g/mol. The van der Waals surface area contributed by atoms with Crippen molar-refractivity contribution in [3.8, 4) is 0 Å². The minimum absolute atomic E-state index is 0.0241. The van der Waals surface area contributed by atoms with Crippen LogP contribution in [0.15, 0.2) is 41.2 Å². The second-order valence-corrected chi connectivity index (χ2v) is 6.33. The second-order valence-electron chi connectivity index (χ2n) is 5.93. The van der Waals surface area contributed by atoms with Crippen molar-refractivity contribution in [3.63, 3.8) is 0 Å². The Balaban J connectivity index is 1.88. The van der Waals surface area contributed by atoms with Gasteiger partial charge in [-0.25, -0.2) is 4.39 Å². The molecule has 3 rings (SSSR count). The molecule has 0 atom stereocenters. The van der Waals surface area contributed by atoms with Gasteiger partial charge in [0, 0.05) is 17.6 Å². The molecule has 6 heteroatoms. The monoisotopic (exact) mass is 358 g/mol. The molecule has 2 N–H and O–H groups in total. The maximum absolute atomic E-state index is 13.8. The summed E-state index contributed by atoms with van der Waals surface area (Å²) in [4.78, 5) is 27.2. The number of carbonyl (C=O) groups is 1. The number of nitrogens with one attached hydrogen (secondary N) is 2. The minimum atomic E-state index is -0.705. The van der Waals surface area contributed by atoms with Gasteiger partial charge in [0.2, 0.25) is 0 Å². The SMILES string of the molecule is Cc1cc2cc(CNC(=O)c3c(F)cccc3Cl)c(=O)[nH]c2cc1C. The Morgan fingerprint density at radius 1 is 1.20 bits per heavy atom. The molecule has 0 saturated heterocycles. The van der Waals surface area contributed by atoms with Crippen LogP contribution in [0.3, 0.4) is 0 Å². The lowest BCUT2D eigenvalue weighted by molar-refractivity contribution is 0.0947. The topological polar surface area (TPSA) is 62.0 Å². The van der Waals surface area contributed by atoms with Crippen molar-refractivity contribution in [2.24, 2.45) is 0 Å². The summed E-state index contributed by atoms with van der Waals surface area (Å²) in [5, 5.41) is 3.44. The Kier molecular flexibility index (Phi) is 4.59. The predicted molar refractivity (Wildman–Crippen MR) is 96.6 cm³/mol. The number of benzene rings is 2. The van der Waals surface area contributed by atoms with Crippen LogP contribution in [0.1, 0.15) is 27.0 Å². The van der Waals surface area contributed by atoms with Gasteiger partial charge in [0.05, 0.1) is 10.6 Å². The van der Waals surface area contributed by atoms with Crippen LogP contribution in [0.25, 0.3) is 10.9 Å². The zero-order valence-electron chi connectivity index (χ0n) is 13.7.